The van der Waals surface area contributed by atoms with Crippen molar-refractivity contribution in [2.24, 2.45) is 0 Å². The molecule has 1 amide bonds. The Morgan fingerprint density at radius 3 is 2.50 bits per heavy atom. The van der Waals surface area contributed by atoms with E-state index in [0.717, 1.165) is 21.1 Å². The molecule has 1 saturated heterocycles. The van der Waals surface area contributed by atoms with Gasteiger partial charge in [0, 0.05) is 41.5 Å². The van der Waals surface area contributed by atoms with E-state index in [1.807, 2.05) is 26.8 Å². The summed E-state index contributed by atoms with van der Waals surface area (Å²) >= 11 is 1.50. The van der Waals surface area contributed by atoms with E-state index in [1.54, 1.807) is 30.7 Å². The Kier molecular flexibility index (Phi) is 7.89. The zero-order chi connectivity index (χ0) is 25.9. The van der Waals surface area contributed by atoms with Crippen molar-refractivity contribution in [3.63, 3.8) is 0 Å². The number of thiazole rings is 1. The second-order valence-corrected chi connectivity index (χ2v) is 10.2. The number of hydrogen-bond donors (Lipinski definition) is 1. The number of alkyl halides is 3. The molecule has 11 heteroatoms. The van der Waals surface area contributed by atoms with Crippen LogP contribution in [0.1, 0.15) is 52.4 Å². The van der Waals surface area contributed by atoms with E-state index in [1.165, 1.54) is 16.2 Å². The van der Waals surface area contributed by atoms with Crippen molar-refractivity contribution < 1.29 is 22.7 Å². The molecular formula is C25H28F3N5O2S. The molecule has 0 unspecified atom stereocenters. The largest absolute Gasteiger partial charge is 0.490 e. The number of benzene rings is 1. The molecule has 1 N–H and O–H groups in total. The number of likely N-dealkylation sites (tertiary alicyclic amines) is 1. The molecule has 2 aromatic heterocycles. The molecular weight excluding hydrogens is 491 g/mol. The smallest absolute Gasteiger partial charge is 0.401 e. The molecule has 1 aliphatic heterocycles. The maximum absolute atomic E-state index is 13.2. The average Bonchev–Trinajstić information content (AvgIpc) is 3.26. The summed E-state index contributed by atoms with van der Waals surface area (Å²) in [6.07, 6.45) is 1.55. The van der Waals surface area contributed by atoms with Crippen LogP contribution in [0.4, 0.5) is 13.2 Å². The molecule has 4 rings (SSSR count). The first kappa shape index (κ1) is 26.0. The van der Waals surface area contributed by atoms with E-state index in [-0.39, 0.29) is 18.1 Å². The van der Waals surface area contributed by atoms with Crippen LogP contribution in [-0.2, 0) is 0 Å². The number of ether oxygens (including phenoxy) is 1. The third-order valence-corrected chi connectivity index (χ3v) is 6.83. The molecule has 0 aliphatic carbocycles. The summed E-state index contributed by atoms with van der Waals surface area (Å²) in [7, 11) is 0. The minimum Gasteiger partial charge on any atom is -0.490 e. The van der Waals surface area contributed by atoms with E-state index >= 15 is 0 Å². The number of carbonyl (C=O) groups excluding carboxylic acids is 1. The van der Waals surface area contributed by atoms with Crippen molar-refractivity contribution in [2.45, 2.75) is 51.9 Å². The minimum absolute atomic E-state index is 0.236. The van der Waals surface area contributed by atoms with Gasteiger partial charge in [0.05, 0.1) is 30.2 Å². The normalized spacial score (nSPS) is 16.1. The van der Waals surface area contributed by atoms with Gasteiger partial charge in [0.15, 0.2) is 0 Å². The number of aromatic nitrogens is 3. The average molecular weight is 520 g/mol. The lowest BCUT2D eigenvalue weighted by Crippen LogP contribution is -2.42. The van der Waals surface area contributed by atoms with Crippen LogP contribution in [0, 0.1) is 13.8 Å². The van der Waals surface area contributed by atoms with Gasteiger partial charge in [-0.25, -0.2) is 4.98 Å². The zero-order valence-corrected chi connectivity index (χ0v) is 21.1. The van der Waals surface area contributed by atoms with Crippen molar-refractivity contribution in [1.82, 2.24) is 25.2 Å². The molecule has 7 nitrogen and oxygen atoms in total. The molecule has 3 aromatic rings. The van der Waals surface area contributed by atoms with Gasteiger partial charge in [0.25, 0.3) is 5.91 Å². The van der Waals surface area contributed by atoms with Gasteiger partial charge in [-0.15, -0.1) is 11.3 Å². The van der Waals surface area contributed by atoms with Crippen molar-refractivity contribution in [1.29, 1.82) is 0 Å². The summed E-state index contributed by atoms with van der Waals surface area (Å²) in [6, 6.07) is 4.89. The lowest BCUT2D eigenvalue weighted by molar-refractivity contribution is -0.149. The third kappa shape index (κ3) is 7.01. The standard InChI is InChI=1S/C25H28F3N5O2S/c1-15-11-30-22(13-29-15)17(3)32-23(34)18-8-19(24-31-12-16(2)36-24)10-21(9-18)35-20-4-6-33(7-5-20)14-25(26,27)28/h8-13,17,20H,4-7,14H2,1-3H3,(H,32,34)/t17-/m1/s1. The molecule has 3 heterocycles. The van der Waals surface area contributed by atoms with Crippen LogP contribution < -0.4 is 10.1 Å². The molecule has 0 bridgehead atoms. The molecule has 1 atom stereocenters. The van der Waals surface area contributed by atoms with Gasteiger partial charge in [-0.05, 0) is 51.8 Å². The van der Waals surface area contributed by atoms with Crippen LogP contribution in [0.5, 0.6) is 5.75 Å². The lowest BCUT2D eigenvalue weighted by Gasteiger charge is -2.32. The molecule has 1 fully saturated rings. The van der Waals surface area contributed by atoms with Crippen LogP contribution in [0.3, 0.4) is 0 Å². The Balaban J connectivity index is 1.51. The highest BCUT2D eigenvalue weighted by molar-refractivity contribution is 7.14. The predicted octanol–water partition coefficient (Wildman–Crippen LogP) is 5.11. The number of hydrogen-bond acceptors (Lipinski definition) is 7. The molecule has 36 heavy (non-hydrogen) atoms. The molecule has 0 saturated carbocycles. The van der Waals surface area contributed by atoms with E-state index < -0.39 is 12.7 Å². The van der Waals surface area contributed by atoms with E-state index in [0.29, 0.717) is 42.9 Å². The second-order valence-electron chi connectivity index (χ2n) is 9.01. The van der Waals surface area contributed by atoms with Crippen LogP contribution in [0.15, 0.2) is 36.8 Å². The highest BCUT2D eigenvalue weighted by atomic mass is 32.1. The first-order valence-corrected chi connectivity index (χ1v) is 12.5. The summed E-state index contributed by atoms with van der Waals surface area (Å²) in [4.78, 5) is 28.6. The molecule has 0 spiro atoms. The number of piperidine rings is 1. The first-order chi connectivity index (χ1) is 17.1. The summed E-state index contributed by atoms with van der Waals surface area (Å²) in [5.41, 5.74) is 2.57. The fourth-order valence-electron chi connectivity index (χ4n) is 4.02. The monoisotopic (exact) mass is 519 g/mol. The Hall–Kier alpha value is -3.05. The number of halogens is 3. The van der Waals surface area contributed by atoms with Crippen LogP contribution in [-0.4, -0.2) is 57.7 Å². The molecule has 192 valence electrons. The van der Waals surface area contributed by atoms with Crippen molar-refractivity contribution >= 4 is 17.2 Å². The topological polar surface area (TPSA) is 80.2 Å². The summed E-state index contributed by atoms with van der Waals surface area (Å²) < 4.78 is 44.3. The maximum atomic E-state index is 13.2. The van der Waals surface area contributed by atoms with E-state index in [4.69, 9.17) is 4.74 Å². The number of amides is 1. The summed E-state index contributed by atoms with van der Waals surface area (Å²) in [5.74, 6) is 0.187. The minimum atomic E-state index is -4.21. The number of nitrogens with zero attached hydrogens (tertiary/aromatic N) is 4. The van der Waals surface area contributed by atoms with Gasteiger partial charge < -0.3 is 10.1 Å². The second kappa shape index (κ2) is 10.9. The Bertz CT molecular complexity index is 1190. The zero-order valence-electron chi connectivity index (χ0n) is 20.3. The van der Waals surface area contributed by atoms with Gasteiger partial charge in [-0.3, -0.25) is 19.7 Å². The van der Waals surface area contributed by atoms with Crippen LogP contribution in [0.2, 0.25) is 0 Å². The Labute approximate surface area is 211 Å². The van der Waals surface area contributed by atoms with E-state index in [9.17, 15) is 18.0 Å². The SMILES string of the molecule is Cc1cnc([C@@H](C)NC(=O)c2cc(OC3CCN(CC(F)(F)F)CC3)cc(-c3ncc(C)s3)c2)cn1. The van der Waals surface area contributed by atoms with Crippen molar-refractivity contribution in [2.75, 3.05) is 19.6 Å². The Morgan fingerprint density at radius 2 is 1.89 bits per heavy atom. The van der Waals surface area contributed by atoms with E-state index in [2.05, 4.69) is 20.3 Å². The third-order valence-electron chi connectivity index (χ3n) is 5.87. The highest BCUT2D eigenvalue weighted by Crippen LogP contribution is 2.31. The van der Waals surface area contributed by atoms with Gasteiger partial charge in [0.1, 0.15) is 16.9 Å². The number of rotatable bonds is 7. The quantitative estimate of drug-likeness (QED) is 0.467. The predicted molar refractivity (Wildman–Crippen MR) is 131 cm³/mol. The van der Waals surface area contributed by atoms with Crippen LogP contribution in [0.25, 0.3) is 10.6 Å². The molecule has 1 aliphatic rings. The highest BCUT2D eigenvalue weighted by Gasteiger charge is 2.33. The molecule has 1 aromatic carbocycles. The van der Waals surface area contributed by atoms with Gasteiger partial charge in [-0.2, -0.15) is 13.2 Å². The fourth-order valence-corrected chi connectivity index (χ4v) is 4.77. The first-order valence-electron chi connectivity index (χ1n) is 11.7. The fraction of sp³-hybridized carbons (Fsp3) is 0.440. The Morgan fingerprint density at radius 1 is 1.14 bits per heavy atom. The summed E-state index contributed by atoms with van der Waals surface area (Å²) in [6.45, 7) is 5.32. The van der Waals surface area contributed by atoms with Gasteiger partial charge in [-0.1, -0.05) is 0 Å². The maximum Gasteiger partial charge on any atom is 0.401 e. The van der Waals surface area contributed by atoms with Crippen molar-refractivity contribution in [3.8, 4) is 16.3 Å². The lowest BCUT2D eigenvalue weighted by atomic mass is 10.1. The molecule has 0 radical (unpaired) electrons. The van der Waals surface area contributed by atoms with Gasteiger partial charge >= 0.3 is 6.18 Å². The van der Waals surface area contributed by atoms with Crippen LogP contribution >= 0.6 is 11.3 Å². The number of carbonyl (C=O) groups is 1. The number of aryl methyl sites for hydroxylation is 2. The summed E-state index contributed by atoms with van der Waals surface area (Å²) in [5, 5.41) is 3.70. The van der Waals surface area contributed by atoms with Gasteiger partial charge in [0.2, 0.25) is 0 Å². The number of nitrogens with one attached hydrogen (secondary N) is 1. The van der Waals surface area contributed by atoms with Crippen molar-refractivity contribution in [3.05, 3.63) is 58.6 Å².